The average Bonchev–Trinajstić information content (AvgIpc) is 3.00. The van der Waals surface area contributed by atoms with E-state index in [-0.39, 0.29) is 5.48 Å². The van der Waals surface area contributed by atoms with Crippen LogP contribution in [0.3, 0.4) is 0 Å². The molecule has 0 amide bonds. The molecule has 0 radical (unpaired) electrons. The lowest BCUT2D eigenvalue weighted by Gasteiger charge is -2.61. The van der Waals surface area contributed by atoms with Gasteiger partial charge in [0.2, 0.25) is 0 Å². The van der Waals surface area contributed by atoms with E-state index in [9.17, 15) is 0 Å². The largest absolute Gasteiger partial charge is 0.412 e. The number of rotatable bonds is 5. The molecular weight excluding hydrogens is 348 g/mol. The van der Waals surface area contributed by atoms with E-state index in [1.807, 2.05) is 14.2 Å². The third-order valence-corrected chi connectivity index (χ3v) is 9.96. The van der Waals surface area contributed by atoms with Gasteiger partial charge in [0, 0.05) is 31.9 Å². The molecule has 162 valence electrons. The van der Waals surface area contributed by atoms with Crippen molar-refractivity contribution in [3.8, 4) is 0 Å². The summed E-state index contributed by atoms with van der Waals surface area (Å²) in [5.74, 6) is 4.99. The first-order valence-electron chi connectivity index (χ1n) is 11.6. The summed E-state index contributed by atoms with van der Waals surface area (Å²) >= 11 is 0. The number of hydrogen-bond donors (Lipinski definition) is 2. The summed E-state index contributed by atoms with van der Waals surface area (Å²) < 4.78 is 5.50. The van der Waals surface area contributed by atoms with Crippen LogP contribution in [0.1, 0.15) is 71.6 Å². The van der Waals surface area contributed by atoms with Crippen molar-refractivity contribution in [3.05, 3.63) is 0 Å². The first kappa shape index (κ1) is 22.2. The highest BCUT2D eigenvalue weighted by Gasteiger charge is 2.60. The van der Waals surface area contributed by atoms with Crippen LogP contribution in [0.2, 0.25) is 0 Å². The molecule has 8 unspecified atom stereocenters. The quantitative estimate of drug-likeness (QED) is 0.684. The predicted octanol–water partition coefficient (Wildman–Crippen LogP) is 4.32. The Hall–Kier alpha value is -0.450. The van der Waals surface area contributed by atoms with Crippen LogP contribution in [0, 0.1) is 51.7 Å². The van der Waals surface area contributed by atoms with Crippen molar-refractivity contribution in [2.24, 2.45) is 46.3 Å². The van der Waals surface area contributed by atoms with Crippen molar-refractivity contribution < 1.29 is 10.2 Å². The van der Waals surface area contributed by atoms with Crippen molar-refractivity contribution in [1.29, 1.82) is 5.41 Å². The van der Waals surface area contributed by atoms with Gasteiger partial charge in [0.1, 0.15) is 0 Å². The lowest BCUT2D eigenvalue weighted by Crippen LogP contribution is -2.54. The van der Waals surface area contributed by atoms with Crippen molar-refractivity contribution in [1.82, 2.24) is 5.32 Å². The highest BCUT2D eigenvalue weighted by Crippen LogP contribution is 2.67. The molecule has 28 heavy (non-hydrogen) atoms. The van der Waals surface area contributed by atoms with Crippen LogP contribution in [-0.4, -0.2) is 38.5 Å². The second-order valence-corrected chi connectivity index (χ2v) is 11.0. The van der Waals surface area contributed by atoms with E-state index in [1.165, 1.54) is 57.8 Å². The smallest absolute Gasteiger partial charge is 0.0490 e. The highest BCUT2D eigenvalue weighted by molar-refractivity contribution is 5.86. The highest BCUT2D eigenvalue weighted by atomic mass is 16.5. The van der Waals surface area contributed by atoms with E-state index in [4.69, 9.17) is 10.1 Å². The van der Waals surface area contributed by atoms with Crippen LogP contribution in [0.5, 0.6) is 0 Å². The van der Waals surface area contributed by atoms with Gasteiger partial charge in [0.15, 0.2) is 0 Å². The van der Waals surface area contributed by atoms with E-state index in [0.717, 1.165) is 48.5 Å². The minimum absolute atomic E-state index is 0. The Morgan fingerprint density at radius 2 is 1.71 bits per heavy atom. The molecule has 4 nitrogen and oxygen atoms in total. The zero-order valence-electron chi connectivity index (χ0n) is 18.7. The van der Waals surface area contributed by atoms with Gasteiger partial charge in [-0.3, -0.25) is 0 Å². The average molecular weight is 393 g/mol. The molecule has 8 atom stereocenters. The van der Waals surface area contributed by atoms with E-state index in [2.05, 4.69) is 19.2 Å². The number of ether oxygens (including phenoxy) is 1. The Balaban J connectivity index is 0.00000225. The molecule has 0 aliphatic heterocycles. The normalized spacial score (nSPS) is 47.4. The Bertz CT molecular complexity index is 567. The number of nitrogens with one attached hydrogen (secondary N) is 2. The molecular formula is C24H44N2O2. The molecule has 0 bridgehead atoms. The molecule has 0 spiro atoms. The number of hydrogen-bond acceptors (Lipinski definition) is 3. The summed E-state index contributed by atoms with van der Waals surface area (Å²) in [7, 11) is 3.86. The van der Waals surface area contributed by atoms with Crippen LogP contribution in [-0.2, 0) is 4.74 Å². The first-order chi connectivity index (χ1) is 12.9. The molecule has 4 heteroatoms. The van der Waals surface area contributed by atoms with Gasteiger partial charge in [-0.25, -0.2) is 0 Å². The molecule has 4 fully saturated rings. The van der Waals surface area contributed by atoms with Gasteiger partial charge in [-0.05, 0) is 105 Å². The van der Waals surface area contributed by atoms with Gasteiger partial charge in [-0.15, -0.1) is 0 Å². The van der Waals surface area contributed by atoms with Crippen molar-refractivity contribution in [2.75, 3.05) is 27.3 Å². The maximum Gasteiger partial charge on any atom is 0.0490 e. The molecule has 0 saturated heterocycles. The standard InChI is InChI=1S/C24H42N2O.H2O/c1-23-11-9-16(15-27-4)13-17(23)5-6-18-19-7-8-21(22(25)14-26-3)24(19,2)12-10-20(18)23;/h16-21,25-26H,5-15H2,1-4H3;1H2. The van der Waals surface area contributed by atoms with Crippen LogP contribution in [0.4, 0.5) is 0 Å². The van der Waals surface area contributed by atoms with Gasteiger partial charge < -0.3 is 20.9 Å². The Kier molecular flexibility index (Phi) is 6.64. The lowest BCUT2D eigenvalue weighted by atomic mass is 9.44. The predicted molar refractivity (Wildman–Crippen MR) is 116 cm³/mol. The van der Waals surface area contributed by atoms with Crippen molar-refractivity contribution in [2.45, 2.75) is 71.6 Å². The Morgan fingerprint density at radius 3 is 2.43 bits per heavy atom. The Labute approximate surface area is 172 Å². The second-order valence-electron chi connectivity index (χ2n) is 11.0. The summed E-state index contributed by atoms with van der Waals surface area (Å²) in [5, 5.41) is 11.9. The van der Waals surface area contributed by atoms with Gasteiger partial charge in [-0.1, -0.05) is 13.8 Å². The fraction of sp³-hybridized carbons (Fsp3) is 0.958. The van der Waals surface area contributed by atoms with Gasteiger partial charge in [0.05, 0.1) is 0 Å². The number of fused-ring (bicyclic) bond motifs is 5. The monoisotopic (exact) mass is 392 g/mol. The Morgan fingerprint density at radius 1 is 1.00 bits per heavy atom. The van der Waals surface area contributed by atoms with Crippen LogP contribution in [0.25, 0.3) is 0 Å². The van der Waals surface area contributed by atoms with E-state index >= 15 is 0 Å². The topological polar surface area (TPSA) is 76.6 Å². The summed E-state index contributed by atoms with van der Waals surface area (Å²) in [6.07, 6.45) is 12.5. The second kappa shape index (κ2) is 8.35. The lowest BCUT2D eigenvalue weighted by molar-refractivity contribution is -0.118. The zero-order chi connectivity index (χ0) is 19.2. The molecule has 0 aromatic carbocycles. The molecule has 0 aromatic rings. The molecule has 0 heterocycles. The third kappa shape index (κ3) is 3.37. The molecule has 0 aromatic heterocycles. The summed E-state index contributed by atoms with van der Waals surface area (Å²) in [4.78, 5) is 0. The number of methoxy groups -OCH3 is 1. The zero-order valence-corrected chi connectivity index (χ0v) is 18.7. The van der Waals surface area contributed by atoms with Gasteiger partial charge >= 0.3 is 0 Å². The van der Waals surface area contributed by atoms with Gasteiger partial charge in [-0.2, -0.15) is 0 Å². The van der Waals surface area contributed by atoms with Crippen LogP contribution < -0.4 is 5.32 Å². The SMILES string of the molecule is CNCC(=N)C1CCC2C3CCC4CC(COC)CCC4(C)C3CCC12C.O. The van der Waals surface area contributed by atoms with Crippen LogP contribution >= 0.6 is 0 Å². The minimum Gasteiger partial charge on any atom is -0.412 e. The summed E-state index contributed by atoms with van der Waals surface area (Å²) in [6, 6.07) is 0. The first-order valence-corrected chi connectivity index (χ1v) is 11.6. The molecule has 4 aliphatic rings. The molecule has 4 N–H and O–H groups in total. The summed E-state index contributed by atoms with van der Waals surface area (Å²) in [6.45, 7) is 6.97. The molecule has 4 rings (SSSR count). The fourth-order valence-electron chi connectivity index (χ4n) is 8.62. The minimum atomic E-state index is 0. The molecule has 4 aliphatic carbocycles. The van der Waals surface area contributed by atoms with Crippen LogP contribution in [0.15, 0.2) is 0 Å². The fourth-order valence-corrected chi connectivity index (χ4v) is 8.62. The van der Waals surface area contributed by atoms with E-state index < -0.39 is 0 Å². The maximum atomic E-state index is 8.64. The molecule has 4 saturated carbocycles. The summed E-state index contributed by atoms with van der Waals surface area (Å²) in [5.41, 5.74) is 1.94. The maximum absolute atomic E-state index is 8.64. The van der Waals surface area contributed by atoms with E-state index in [0.29, 0.717) is 16.7 Å². The van der Waals surface area contributed by atoms with Crippen molar-refractivity contribution in [3.63, 3.8) is 0 Å². The third-order valence-electron chi connectivity index (χ3n) is 9.96. The van der Waals surface area contributed by atoms with Gasteiger partial charge in [0.25, 0.3) is 0 Å². The van der Waals surface area contributed by atoms with Crippen molar-refractivity contribution >= 4 is 5.71 Å². The van der Waals surface area contributed by atoms with E-state index in [1.54, 1.807) is 0 Å².